The fourth-order valence-electron chi connectivity index (χ4n) is 2.96. The predicted molar refractivity (Wildman–Crippen MR) is 114 cm³/mol. The van der Waals surface area contributed by atoms with Gasteiger partial charge < -0.3 is 10.6 Å². The molecule has 1 aliphatic rings. The maximum atomic E-state index is 13.4. The van der Waals surface area contributed by atoms with E-state index < -0.39 is 27.2 Å². The van der Waals surface area contributed by atoms with E-state index in [1.165, 1.54) is 13.1 Å². The maximum Gasteiger partial charge on any atom is 0.511 e. The number of benzene rings is 1. The largest absolute Gasteiger partial charge is 0.511 e. The highest BCUT2D eigenvalue weighted by atomic mass is 127. The first kappa shape index (κ1) is 26.8. The molecule has 172 valence electrons. The molecule has 1 atom stereocenters. The lowest BCUT2D eigenvalue weighted by Gasteiger charge is -2.32. The summed E-state index contributed by atoms with van der Waals surface area (Å²) in [4.78, 5) is 4.03. The average Bonchev–Trinajstić information content (AvgIpc) is 2.66. The number of alkyl halides is 3. The van der Waals surface area contributed by atoms with Crippen molar-refractivity contribution in [2.24, 2.45) is 4.99 Å². The van der Waals surface area contributed by atoms with Crippen LogP contribution in [-0.4, -0.2) is 56.9 Å². The summed E-state index contributed by atoms with van der Waals surface area (Å²) in [5, 5.41) is 6.07. The van der Waals surface area contributed by atoms with Crippen LogP contribution in [0.3, 0.4) is 0 Å². The van der Waals surface area contributed by atoms with Gasteiger partial charge in [0, 0.05) is 32.7 Å². The first-order valence-corrected chi connectivity index (χ1v) is 10.4. The molecule has 0 aliphatic carbocycles. The molecule has 2 N–H and O–H groups in total. The fourth-order valence-corrected chi connectivity index (χ4v) is 3.95. The molecular formula is C17H24F5IN4O2S. The molecular weight excluding hydrogens is 546 g/mol. The van der Waals surface area contributed by atoms with Crippen LogP contribution in [0.15, 0.2) is 23.2 Å². The summed E-state index contributed by atoms with van der Waals surface area (Å²) < 4.78 is 87.6. The molecule has 6 nitrogen and oxygen atoms in total. The van der Waals surface area contributed by atoms with Gasteiger partial charge in [0.15, 0.2) is 17.6 Å². The van der Waals surface area contributed by atoms with E-state index >= 15 is 0 Å². The second-order valence-corrected chi connectivity index (χ2v) is 8.73. The number of hydrogen-bond acceptors (Lipinski definition) is 3. The molecule has 1 fully saturated rings. The standard InChI is InChI=1S/C17H23F5N4O2S.HI/c1-11(12-3-4-14(18)15(19)9-12)10-24-16(23-2)25-13-5-7-26(8-6-13)29(27,28)17(20,21)22;/h3-4,9,11,13H,5-8,10H2,1-2H3,(H2,23,24,25);1H. The molecule has 1 aromatic carbocycles. The second-order valence-electron chi connectivity index (χ2n) is 6.80. The summed E-state index contributed by atoms with van der Waals surface area (Å²) in [7, 11) is -3.80. The third-order valence-corrected chi connectivity index (χ3v) is 6.37. The van der Waals surface area contributed by atoms with Crippen LogP contribution in [0.25, 0.3) is 0 Å². The third-order valence-electron chi connectivity index (χ3n) is 4.74. The summed E-state index contributed by atoms with van der Waals surface area (Å²) in [6.07, 6.45) is 0.378. The number of halogens is 6. The molecule has 1 aromatic rings. The first-order chi connectivity index (χ1) is 13.5. The van der Waals surface area contributed by atoms with Crippen molar-refractivity contribution in [1.82, 2.24) is 14.9 Å². The van der Waals surface area contributed by atoms with Gasteiger partial charge in [0.1, 0.15) is 0 Å². The minimum absolute atomic E-state index is 0. The van der Waals surface area contributed by atoms with Crippen molar-refractivity contribution in [3.63, 3.8) is 0 Å². The molecule has 0 spiro atoms. The average molecular weight is 570 g/mol. The quantitative estimate of drug-likeness (QED) is 0.247. The number of hydrogen-bond donors (Lipinski definition) is 2. The van der Waals surface area contributed by atoms with E-state index in [9.17, 15) is 30.4 Å². The Kier molecular flexibility index (Phi) is 9.73. The zero-order valence-corrected chi connectivity index (χ0v) is 19.5. The van der Waals surface area contributed by atoms with Crippen molar-refractivity contribution in [3.8, 4) is 0 Å². The van der Waals surface area contributed by atoms with E-state index in [4.69, 9.17) is 0 Å². The normalized spacial score (nSPS) is 17.9. The Morgan fingerprint density at radius 2 is 1.83 bits per heavy atom. The smallest absolute Gasteiger partial charge is 0.356 e. The van der Waals surface area contributed by atoms with E-state index in [1.807, 2.05) is 6.92 Å². The topological polar surface area (TPSA) is 73.8 Å². The zero-order chi connectivity index (χ0) is 21.8. The molecule has 0 aromatic heterocycles. The van der Waals surface area contributed by atoms with Gasteiger partial charge in [0.2, 0.25) is 0 Å². The van der Waals surface area contributed by atoms with Crippen LogP contribution in [0, 0.1) is 11.6 Å². The van der Waals surface area contributed by atoms with Crippen molar-refractivity contribution in [2.45, 2.75) is 37.2 Å². The Labute approximate surface area is 189 Å². The molecule has 1 heterocycles. The van der Waals surface area contributed by atoms with E-state index in [0.717, 1.165) is 12.1 Å². The lowest BCUT2D eigenvalue weighted by Crippen LogP contribution is -2.52. The van der Waals surface area contributed by atoms with Crippen LogP contribution in [0.5, 0.6) is 0 Å². The predicted octanol–water partition coefficient (Wildman–Crippen LogP) is 3.17. The summed E-state index contributed by atoms with van der Waals surface area (Å²) in [6, 6.07) is 3.41. The Morgan fingerprint density at radius 1 is 1.23 bits per heavy atom. The van der Waals surface area contributed by atoms with Crippen molar-refractivity contribution >= 4 is 40.0 Å². The van der Waals surface area contributed by atoms with E-state index in [-0.39, 0.29) is 61.9 Å². The van der Waals surface area contributed by atoms with Gasteiger partial charge in [0.05, 0.1) is 0 Å². The fraction of sp³-hybridized carbons (Fsp3) is 0.588. The Morgan fingerprint density at radius 3 is 2.33 bits per heavy atom. The van der Waals surface area contributed by atoms with Gasteiger partial charge in [-0.3, -0.25) is 4.99 Å². The van der Waals surface area contributed by atoms with Gasteiger partial charge >= 0.3 is 15.5 Å². The monoisotopic (exact) mass is 570 g/mol. The van der Waals surface area contributed by atoms with Gasteiger partial charge in [-0.15, -0.1) is 24.0 Å². The van der Waals surface area contributed by atoms with Crippen LogP contribution in [0.4, 0.5) is 22.0 Å². The highest BCUT2D eigenvalue weighted by molar-refractivity contribution is 14.0. The maximum absolute atomic E-state index is 13.4. The number of guanidine groups is 1. The van der Waals surface area contributed by atoms with Crippen molar-refractivity contribution in [3.05, 3.63) is 35.4 Å². The Hall–Kier alpha value is -1.22. The lowest BCUT2D eigenvalue weighted by molar-refractivity contribution is -0.0494. The second kappa shape index (κ2) is 10.9. The molecule has 1 saturated heterocycles. The first-order valence-electron chi connectivity index (χ1n) is 8.94. The van der Waals surface area contributed by atoms with Crippen LogP contribution >= 0.6 is 24.0 Å². The summed E-state index contributed by atoms with van der Waals surface area (Å²) in [6.45, 7) is 1.67. The molecule has 0 bridgehead atoms. The number of nitrogens with one attached hydrogen (secondary N) is 2. The molecule has 13 heteroatoms. The number of nitrogens with zero attached hydrogens (tertiary/aromatic N) is 2. The number of rotatable bonds is 5. The van der Waals surface area contributed by atoms with Gasteiger partial charge in [-0.1, -0.05) is 13.0 Å². The molecule has 2 rings (SSSR count). The van der Waals surface area contributed by atoms with Crippen LogP contribution in [-0.2, 0) is 10.0 Å². The van der Waals surface area contributed by atoms with Crippen molar-refractivity contribution < 1.29 is 30.4 Å². The van der Waals surface area contributed by atoms with Crippen molar-refractivity contribution in [2.75, 3.05) is 26.7 Å². The molecule has 0 saturated carbocycles. The summed E-state index contributed by atoms with van der Waals surface area (Å²) in [5.41, 5.74) is -4.71. The zero-order valence-electron chi connectivity index (χ0n) is 16.3. The Balaban J connectivity index is 0.00000450. The summed E-state index contributed by atoms with van der Waals surface area (Å²) in [5.74, 6) is -1.64. The molecule has 1 unspecified atom stereocenters. The minimum Gasteiger partial charge on any atom is -0.356 e. The number of sulfonamides is 1. The molecule has 0 radical (unpaired) electrons. The molecule has 30 heavy (non-hydrogen) atoms. The molecule has 1 aliphatic heterocycles. The van der Waals surface area contributed by atoms with Gasteiger partial charge in [0.25, 0.3) is 0 Å². The molecule has 0 amide bonds. The third kappa shape index (κ3) is 6.64. The highest BCUT2D eigenvalue weighted by Gasteiger charge is 2.50. The number of aliphatic imine (C=N–C) groups is 1. The van der Waals surface area contributed by atoms with Crippen LogP contribution in [0.2, 0.25) is 0 Å². The van der Waals surface area contributed by atoms with E-state index in [0.29, 0.717) is 22.4 Å². The van der Waals surface area contributed by atoms with Gasteiger partial charge in [-0.25, -0.2) is 17.2 Å². The number of piperidine rings is 1. The summed E-state index contributed by atoms with van der Waals surface area (Å²) >= 11 is 0. The SMILES string of the molecule is CN=C(NCC(C)c1ccc(F)c(F)c1)NC1CCN(S(=O)(=O)C(F)(F)F)CC1.I. The minimum atomic E-state index is -5.31. The van der Waals surface area contributed by atoms with Gasteiger partial charge in [-0.05, 0) is 36.5 Å². The highest BCUT2D eigenvalue weighted by Crippen LogP contribution is 2.29. The van der Waals surface area contributed by atoms with E-state index in [1.54, 1.807) is 0 Å². The lowest BCUT2D eigenvalue weighted by atomic mass is 10.0. The van der Waals surface area contributed by atoms with Gasteiger partial charge in [-0.2, -0.15) is 17.5 Å². The van der Waals surface area contributed by atoms with Crippen LogP contribution < -0.4 is 10.6 Å². The Bertz CT molecular complexity index is 843. The van der Waals surface area contributed by atoms with E-state index in [2.05, 4.69) is 15.6 Å². The van der Waals surface area contributed by atoms with Crippen LogP contribution in [0.1, 0.15) is 31.2 Å². The van der Waals surface area contributed by atoms with Crippen molar-refractivity contribution in [1.29, 1.82) is 0 Å².